The highest BCUT2D eigenvalue weighted by atomic mass is 16.6. The lowest BCUT2D eigenvalue weighted by molar-refractivity contribution is -0.170. The zero-order valence-corrected chi connectivity index (χ0v) is 21.0. The van der Waals surface area contributed by atoms with E-state index >= 15 is 0 Å². The highest BCUT2D eigenvalue weighted by Gasteiger charge is 2.39. The fourth-order valence-corrected chi connectivity index (χ4v) is 3.90. The van der Waals surface area contributed by atoms with Crippen molar-refractivity contribution in [2.24, 2.45) is 5.92 Å². The first-order chi connectivity index (χ1) is 16.7. The molecule has 3 rings (SSSR count). The minimum Gasteiger partial charge on any atom is -0.460 e. The van der Waals surface area contributed by atoms with Gasteiger partial charge in [0.2, 0.25) is 0 Å². The fraction of sp³-hybridized carbons (Fsp3) is 0.333. The Morgan fingerprint density at radius 2 is 1.14 bits per heavy atom. The van der Waals surface area contributed by atoms with Gasteiger partial charge in [-0.3, -0.25) is 14.5 Å². The Morgan fingerprint density at radius 1 is 0.714 bits per heavy atom. The molecule has 0 aliphatic rings. The number of rotatable bonds is 10. The Balaban J connectivity index is 1.92. The maximum atomic E-state index is 13.6. The molecule has 0 amide bonds. The van der Waals surface area contributed by atoms with E-state index in [4.69, 9.17) is 9.47 Å². The second-order valence-electron chi connectivity index (χ2n) is 9.74. The second-order valence-corrected chi connectivity index (χ2v) is 9.74. The van der Waals surface area contributed by atoms with E-state index in [0.717, 1.165) is 16.7 Å². The van der Waals surface area contributed by atoms with Crippen LogP contribution in [0.4, 0.5) is 0 Å². The Bertz CT molecular complexity index is 1020. The molecular formula is C30H35NO4. The molecule has 0 heterocycles. The van der Waals surface area contributed by atoms with Crippen molar-refractivity contribution in [3.8, 4) is 0 Å². The topological polar surface area (TPSA) is 55.8 Å². The number of carbonyl (C=O) groups is 2. The first-order valence-electron chi connectivity index (χ1n) is 12.0. The quantitative estimate of drug-likeness (QED) is 0.350. The van der Waals surface area contributed by atoms with Gasteiger partial charge in [-0.15, -0.1) is 0 Å². The lowest BCUT2D eigenvalue weighted by atomic mass is 9.98. The summed E-state index contributed by atoms with van der Waals surface area (Å²) in [6.07, 6.45) is 0. The van der Waals surface area contributed by atoms with Gasteiger partial charge in [0.15, 0.2) is 0 Å². The number of carbonyl (C=O) groups excluding carboxylic acids is 2. The van der Waals surface area contributed by atoms with Gasteiger partial charge in [-0.1, -0.05) is 91.0 Å². The predicted octanol–water partition coefficient (Wildman–Crippen LogP) is 5.78. The highest BCUT2D eigenvalue weighted by Crippen LogP contribution is 2.23. The van der Waals surface area contributed by atoms with Crippen molar-refractivity contribution in [1.82, 2.24) is 4.90 Å². The SMILES string of the molecule is C[C@H](C(=O)OC(C)(C)C)[C@@H](C(=O)OCc1ccccc1)N(Cc1ccccc1)Cc1ccccc1. The maximum absolute atomic E-state index is 13.6. The summed E-state index contributed by atoms with van der Waals surface area (Å²) in [5.41, 5.74) is 2.32. The molecule has 184 valence electrons. The molecule has 0 bridgehead atoms. The van der Waals surface area contributed by atoms with Gasteiger partial charge in [-0.2, -0.15) is 0 Å². The molecule has 2 atom stereocenters. The van der Waals surface area contributed by atoms with Crippen molar-refractivity contribution >= 4 is 11.9 Å². The summed E-state index contributed by atoms with van der Waals surface area (Å²) in [6.45, 7) is 8.32. The third-order valence-corrected chi connectivity index (χ3v) is 5.57. The van der Waals surface area contributed by atoms with Crippen molar-refractivity contribution in [3.05, 3.63) is 108 Å². The molecule has 0 aliphatic carbocycles. The molecule has 35 heavy (non-hydrogen) atoms. The van der Waals surface area contributed by atoms with Gasteiger partial charge >= 0.3 is 11.9 Å². The number of ether oxygens (including phenoxy) is 2. The van der Waals surface area contributed by atoms with Gasteiger partial charge in [0.25, 0.3) is 0 Å². The van der Waals surface area contributed by atoms with E-state index in [1.165, 1.54) is 0 Å². The molecule has 3 aromatic rings. The van der Waals surface area contributed by atoms with E-state index < -0.39 is 29.5 Å². The van der Waals surface area contributed by atoms with Crippen molar-refractivity contribution in [3.63, 3.8) is 0 Å². The fourth-order valence-electron chi connectivity index (χ4n) is 3.90. The Kier molecular flexibility index (Phi) is 9.21. The van der Waals surface area contributed by atoms with E-state index in [2.05, 4.69) is 0 Å². The van der Waals surface area contributed by atoms with Crippen molar-refractivity contribution in [2.45, 2.75) is 59.0 Å². The summed E-state index contributed by atoms with van der Waals surface area (Å²) in [5, 5.41) is 0. The van der Waals surface area contributed by atoms with E-state index in [1.807, 2.05) is 117 Å². The first kappa shape index (κ1) is 26.2. The summed E-state index contributed by atoms with van der Waals surface area (Å²) in [7, 11) is 0. The first-order valence-corrected chi connectivity index (χ1v) is 12.0. The van der Waals surface area contributed by atoms with Gasteiger partial charge in [0, 0.05) is 13.1 Å². The number of benzene rings is 3. The normalized spacial score (nSPS) is 13.2. The Hall–Kier alpha value is -3.44. The van der Waals surface area contributed by atoms with Gasteiger partial charge in [-0.25, -0.2) is 0 Å². The summed E-state index contributed by atoms with van der Waals surface area (Å²) in [5.74, 6) is -1.60. The summed E-state index contributed by atoms with van der Waals surface area (Å²) < 4.78 is 11.4. The van der Waals surface area contributed by atoms with Crippen LogP contribution in [0, 0.1) is 5.92 Å². The third-order valence-electron chi connectivity index (χ3n) is 5.57. The van der Waals surface area contributed by atoms with Crippen LogP contribution >= 0.6 is 0 Å². The van der Waals surface area contributed by atoms with Crippen LogP contribution in [-0.2, 0) is 38.8 Å². The summed E-state index contributed by atoms with van der Waals surface area (Å²) >= 11 is 0. The molecule has 0 saturated carbocycles. The van der Waals surface area contributed by atoms with Crippen LogP contribution in [0.15, 0.2) is 91.0 Å². The average molecular weight is 474 g/mol. The van der Waals surface area contributed by atoms with Crippen molar-refractivity contribution in [1.29, 1.82) is 0 Å². The maximum Gasteiger partial charge on any atom is 0.324 e. The smallest absolute Gasteiger partial charge is 0.324 e. The number of esters is 2. The highest BCUT2D eigenvalue weighted by molar-refractivity contribution is 5.84. The average Bonchev–Trinajstić information content (AvgIpc) is 2.83. The molecule has 0 radical (unpaired) electrons. The van der Waals surface area contributed by atoms with Crippen LogP contribution in [-0.4, -0.2) is 28.5 Å². The predicted molar refractivity (Wildman–Crippen MR) is 137 cm³/mol. The van der Waals surface area contributed by atoms with E-state index in [-0.39, 0.29) is 6.61 Å². The molecule has 0 saturated heterocycles. The van der Waals surface area contributed by atoms with E-state index in [9.17, 15) is 9.59 Å². The minimum atomic E-state index is -0.825. The largest absolute Gasteiger partial charge is 0.460 e. The lowest BCUT2D eigenvalue weighted by Gasteiger charge is -2.34. The molecule has 5 nitrogen and oxygen atoms in total. The molecule has 0 aromatic heterocycles. The standard InChI is InChI=1S/C30H35NO4/c1-23(28(32)35-30(2,3)4)27(29(33)34-22-26-18-12-7-13-19-26)31(20-24-14-8-5-9-15-24)21-25-16-10-6-11-17-25/h5-19,23,27H,20-22H2,1-4H3/t23-,27-/m0/s1. The monoisotopic (exact) mass is 473 g/mol. The number of nitrogens with zero attached hydrogens (tertiary/aromatic N) is 1. The van der Waals surface area contributed by atoms with Gasteiger partial charge in [-0.05, 0) is 44.4 Å². The van der Waals surface area contributed by atoms with Crippen LogP contribution in [0.2, 0.25) is 0 Å². The van der Waals surface area contributed by atoms with Crippen LogP contribution < -0.4 is 0 Å². The number of hydrogen-bond acceptors (Lipinski definition) is 5. The molecule has 0 unspecified atom stereocenters. The third kappa shape index (κ3) is 8.37. The molecule has 0 spiro atoms. The summed E-state index contributed by atoms with van der Waals surface area (Å²) in [6, 6.07) is 28.6. The van der Waals surface area contributed by atoms with Crippen LogP contribution in [0.25, 0.3) is 0 Å². The number of hydrogen-bond donors (Lipinski definition) is 0. The molecule has 5 heteroatoms. The van der Waals surface area contributed by atoms with E-state index in [0.29, 0.717) is 13.1 Å². The molecule has 3 aromatic carbocycles. The molecule has 0 N–H and O–H groups in total. The summed E-state index contributed by atoms with van der Waals surface area (Å²) in [4.78, 5) is 28.7. The van der Waals surface area contributed by atoms with Crippen LogP contribution in [0.3, 0.4) is 0 Å². The van der Waals surface area contributed by atoms with Gasteiger partial charge in [0.05, 0.1) is 5.92 Å². The Labute approximate surface area is 208 Å². The zero-order valence-electron chi connectivity index (χ0n) is 21.0. The molecular weight excluding hydrogens is 438 g/mol. The molecule has 0 aliphatic heterocycles. The second kappa shape index (κ2) is 12.3. The van der Waals surface area contributed by atoms with Crippen LogP contribution in [0.5, 0.6) is 0 Å². The Morgan fingerprint density at radius 3 is 1.57 bits per heavy atom. The van der Waals surface area contributed by atoms with E-state index in [1.54, 1.807) is 6.92 Å². The minimum absolute atomic E-state index is 0.141. The van der Waals surface area contributed by atoms with Crippen molar-refractivity contribution < 1.29 is 19.1 Å². The van der Waals surface area contributed by atoms with Crippen LogP contribution in [0.1, 0.15) is 44.4 Å². The molecule has 0 fully saturated rings. The van der Waals surface area contributed by atoms with Crippen molar-refractivity contribution in [2.75, 3.05) is 0 Å². The lowest BCUT2D eigenvalue weighted by Crippen LogP contribution is -2.49. The van der Waals surface area contributed by atoms with Gasteiger partial charge in [0.1, 0.15) is 18.2 Å². The zero-order chi connectivity index (χ0) is 25.3. The van der Waals surface area contributed by atoms with Gasteiger partial charge < -0.3 is 9.47 Å².